The first-order valence-corrected chi connectivity index (χ1v) is 15.1. The number of terminal acetylenes is 1. The summed E-state index contributed by atoms with van der Waals surface area (Å²) in [6.07, 6.45) is 13.4. The molecule has 2 aliphatic rings. The maximum Gasteiger partial charge on any atom is 0.408 e. The summed E-state index contributed by atoms with van der Waals surface area (Å²) >= 11 is 1.60. The number of thioether (sulfide) groups is 1. The number of benzene rings is 1. The van der Waals surface area contributed by atoms with Crippen molar-refractivity contribution in [3.05, 3.63) is 35.4 Å². The highest BCUT2D eigenvalue weighted by atomic mass is 32.2. The Bertz CT molecular complexity index is 1010. The van der Waals surface area contributed by atoms with Gasteiger partial charge in [-0.1, -0.05) is 44.2 Å². The number of hydrogen-bond donors (Lipinski definition) is 2. The quantitative estimate of drug-likeness (QED) is 0.405. The normalized spacial score (nSPS) is 20.9. The smallest absolute Gasteiger partial charge is 0.408 e. The molecule has 1 aromatic carbocycles. The fourth-order valence-electron chi connectivity index (χ4n) is 5.02. The average Bonchev–Trinajstić information content (AvgIpc) is 3.59. The Hall–Kier alpha value is -2.66. The summed E-state index contributed by atoms with van der Waals surface area (Å²) in [5.74, 6) is 3.11. The van der Waals surface area contributed by atoms with Crippen LogP contribution in [0.2, 0.25) is 0 Å². The predicted octanol–water partition coefficient (Wildman–Crippen LogP) is 5.04. The van der Waals surface area contributed by atoms with Crippen LogP contribution in [-0.4, -0.2) is 58.5 Å². The predicted molar refractivity (Wildman–Crippen MR) is 153 cm³/mol. The molecule has 2 aliphatic carbocycles. The van der Waals surface area contributed by atoms with Crippen LogP contribution in [0.5, 0.6) is 0 Å². The Morgan fingerprint density at radius 1 is 1.16 bits per heavy atom. The summed E-state index contributed by atoms with van der Waals surface area (Å²) in [7, 11) is 0. The molecule has 2 saturated carbocycles. The van der Waals surface area contributed by atoms with Crippen LogP contribution in [0.1, 0.15) is 89.8 Å². The van der Waals surface area contributed by atoms with E-state index in [1.54, 1.807) is 49.6 Å². The molecule has 0 aromatic heterocycles. The number of carbonyl (C=O) groups is 3. The molecular formula is C30H43N3O4S. The van der Waals surface area contributed by atoms with Gasteiger partial charge < -0.3 is 20.3 Å². The van der Waals surface area contributed by atoms with Gasteiger partial charge in [0.25, 0.3) is 0 Å². The maximum absolute atomic E-state index is 14.2. The molecule has 3 rings (SSSR count). The third-order valence-electron chi connectivity index (χ3n) is 7.15. The molecule has 208 valence electrons. The van der Waals surface area contributed by atoms with E-state index >= 15 is 0 Å². The summed E-state index contributed by atoms with van der Waals surface area (Å²) in [5.41, 5.74) is 0.733. The molecule has 38 heavy (non-hydrogen) atoms. The van der Waals surface area contributed by atoms with Gasteiger partial charge in [-0.05, 0) is 82.1 Å². The third-order valence-corrected chi connectivity index (χ3v) is 7.79. The van der Waals surface area contributed by atoms with Gasteiger partial charge in [0.15, 0.2) is 0 Å². The zero-order valence-corrected chi connectivity index (χ0v) is 24.2. The van der Waals surface area contributed by atoms with Crippen molar-refractivity contribution < 1.29 is 19.1 Å². The van der Waals surface area contributed by atoms with E-state index in [0.29, 0.717) is 23.3 Å². The lowest BCUT2D eigenvalue weighted by molar-refractivity contribution is -0.143. The summed E-state index contributed by atoms with van der Waals surface area (Å²) < 4.78 is 5.47. The Kier molecular flexibility index (Phi) is 10.6. The lowest BCUT2D eigenvalue weighted by Gasteiger charge is -2.36. The average molecular weight is 542 g/mol. The van der Waals surface area contributed by atoms with Gasteiger partial charge >= 0.3 is 6.09 Å². The van der Waals surface area contributed by atoms with E-state index in [4.69, 9.17) is 11.2 Å². The van der Waals surface area contributed by atoms with E-state index in [2.05, 4.69) is 23.5 Å². The molecule has 0 radical (unpaired) electrons. The van der Waals surface area contributed by atoms with Crippen molar-refractivity contribution in [2.24, 2.45) is 5.92 Å². The minimum atomic E-state index is -0.816. The number of ether oxygens (including phenoxy) is 1. The highest BCUT2D eigenvalue weighted by Crippen LogP contribution is 2.41. The topological polar surface area (TPSA) is 87.7 Å². The number of alkyl carbamates (subject to hydrolysis) is 1. The van der Waals surface area contributed by atoms with Crippen LogP contribution < -0.4 is 10.6 Å². The van der Waals surface area contributed by atoms with Crippen LogP contribution >= 0.6 is 11.8 Å². The molecule has 0 bridgehead atoms. The monoisotopic (exact) mass is 541 g/mol. The zero-order valence-electron chi connectivity index (χ0n) is 23.4. The fourth-order valence-corrected chi connectivity index (χ4v) is 5.49. The second-order valence-electron chi connectivity index (χ2n) is 11.5. The van der Waals surface area contributed by atoms with Gasteiger partial charge in [-0.25, -0.2) is 4.79 Å². The van der Waals surface area contributed by atoms with Crippen molar-refractivity contribution in [1.82, 2.24) is 15.5 Å². The molecule has 2 fully saturated rings. The van der Waals surface area contributed by atoms with E-state index in [9.17, 15) is 14.4 Å². The van der Waals surface area contributed by atoms with Crippen molar-refractivity contribution in [3.8, 4) is 12.3 Å². The van der Waals surface area contributed by atoms with Crippen LogP contribution in [0.25, 0.3) is 0 Å². The SMILES string of the molecule is C#Cc1ccc(C(C(=O)NC2CCCCC2)N(C(=O)C(CCSC)NC(=O)OC(C)(C)C)C2CC2C)cc1. The minimum absolute atomic E-state index is 0.0888. The van der Waals surface area contributed by atoms with Gasteiger partial charge in [0.2, 0.25) is 11.8 Å². The Morgan fingerprint density at radius 3 is 2.32 bits per heavy atom. The number of rotatable bonds is 10. The lowest BCUT2D eigenvalue weighted by Crippen LogP contribution is -2.55. The van der Waals surface area contributed by atoms with Crippen molar-refractivity contribution in [2.75, 3.05) is 12.0 Å². The Labute approximate surface area is 232 Å². The molecule has 7 nitrogen and oxygen atoms in total. The van der Waals surface area contributed by atoms with E-state index in [1.807, 2.05) is 18.4 Å². The molecule has 4 atom stereocenters. The van der Waals surface area contributed by atoms with Crippen molar-refractivity contribution in [1.29, 1.82) is 0 Å². The number of nitrogens with one attached hydrogen (secondary N) is 2. The van der Waals surface area contributed by atoms with Gasteiger partial charge in [0.1, 0.15) is 17.7 Å². The highest BCUT2D eigenvalue weighted by Gasteiger charge is 2.48. The first-order chi connectivity index (χ1) is 18.0. The lowest BCUT2D eigenvalue weighted by atomic mass is 9.94. The molecule has 0 spiro atoms. The van der Waals surface area contributed by atoms with Crippen LogP contribution in [0, 0.1) is 18.3 Å². The minimum Gasteiger partial charge on any atom is -0.444 e. The number of carbonyl (C=O) groups excluding carboxylic acids is 3. The molecule has 0 heterocycles. The molecule has 8 heteroatoms. The van der Waals surface area contributed by atoms with Crippen molar-refractivity contribution in [2.45, 2.75) is 102 Å². The standard InChI is InChI=1S/C30H43N3O4S/c1-7-21-13-15-22(16-14-21)26(27(34)31-23-11-9-8-10-12-23)33(25-19-20(25)2)28(35)24(17-18-38-6)32-29(36)37-30(3,4)5/h1,13-16,20,23-26H,8-12,17-19H2,2-6H3,(H,31,34)(H,32,36). The molecule has 2 N–H and O–H groups in total. The summed E-state index contributed by atoms with van der Waals surface area (Å²) in [6, 6.07) is 5.68. The molecule has 0 aliphatic heterocycles. The molecular weight excluding hydrogens is 498 g/mol. The van der Waals surface area contributed by atoms with E-state index in [-0.39, 0.29) is 29.8 Å². The second-order valence-corrected chi connectivity index (χ2v) is 12.5. The number of amides is 3. The van der Waals surface area contributed by atoms with Gasteiger partial charge in [-0.15, -0.1) is 6.42 Å². The van der Waals surface area contributed by atoms with Crippen LogP contribution in [0.3, 0.4) is 0 Å². The van der Waals surface area contributed by atoms with E-state index < -0.39 is 23.8 Å². The highest BCUT2D eigenvalue weighted by molar-refractivity contribution is 7.98. The maximum atomic E-state index is 14.2. The Morgan fingerprint density at radius 2 is 1.79 bits per heavy atom. The van der Waals surface area contributed by atoms with Gasteiger partial charge in [-0.3, -0.25) is 9.59 Å². The third kappa shape index (κ3) is 8.42. The fraction of sp³-hybridized carbons (Fsp3) is 0.633. The van der Waals surface area contributed by atoms with Crippen LogP contribution in [0.4, 0.5) is 4.79 Å². The second kappa shape index (κ2) is 13.4. The summed E-state index contributed by atoms with van der Waals surface area (Å²) in [5, 5.41) is 6.05. The molecule has 1 aromatic rings. The summed E-state index contributed by atoms with van der Waals surface area (Å²) in [6.45, 7) is 7.44. The molecule has 4 unspecified atom stereocenters. The van der Waals surface area contributed by atoms with Crippen LogP contribution in [-0.2, 0) is 14.3 Å². The zero-order chi connectivity index (χ0) is 27.9. The molecule has 3 amide bonds. The first-order valence-electron chi connectivity index (χ1n) is 13.7. The van der Waals surface area contributed by atoms with E-state index in [1.165, 1.54) is 6.42 Å². The molecule has 0 saturated heterocycles. The number of nitrogens with zero attached hydrogens (tertiary/aromatic N) is 1. The van der Waals surface area contributed by atoms with Gasteiger partial charge in [-0.2, -0.15) is 11.8 Å². The Balaban J connectivity index is 1.96. The summed E-state index contributed by atoms with van der Waals surface area (Å²) in [4.78, 5) is 42.6. The largest absolute Gasteiger partial charge is 0.444 e. The van der Waals surface area contributed by atoms with Crippen molar-refractivity contribution in [3.63, 3.8) is 0 Å². The first kappa shape index (κ1) is 29.9. The van der Waals surface area contributed by atoms with Crippen LogP contribution in [0.15, 0.2) is 24.3 Å². The van der Waals surface area contributed by atoms with Gasteiger partial charge in [0, 0.05) is 17.6 Å². The van der Waals surface area contributed by atoms with Gasteiger partial charge in [0.05, 0.1) is 0 Å². The number of hydrogen-bond acceptors (Lipinski definition) is 5. The van der Waals surface area contributed by atoms with Crippen molar-refractivity contribution >= 4 is 29.7 Å². The van der Waals surface area contributed by atoms with E-state index in [0.717, 1.165) is 32.1 Å².